The van der Waals surface area contributed by atoms with Gasteiger partial charge in [0.25, 0.3) is 0 Å². The Hall–Kier alpha value is -2.25. The van der Waals surface area contributed by atoms with E-state index in [2.05, 4.69) is 30.6 Å². The predicted molar refractivity (Wildman–Crippen MR) is 65.2 cm³/mol. The molecular formula is C10H15N7O. The van der Waals surface area contributed by atoms with Gasteiger partial charge in [-0.1, -0.05) is 5.21 Å². The van der Waals surface area contributed by atoms with Crippen LogP contribution in [-0.4, -0.2) is 43.1 Å². The molecule has 0 bridgehead atoms. The van der Waals surface area contributed by atoms with Crippen LogP contribution >= 0.6 is 0 Å². The number of nitrogens with one attached hydrogen (secondary N) is 1. The third-order valence-corrected chi connectivity index (χ3v) is 2.17. The molecule has 0 aliphatic heterocycles. The Bertz CT molecular complexity index is 500. The zero-order valence-electron chi connectivity index (χ0n) is 10.6. The molecule has 2 aromatic heterocycles. The first-order chi connectivity index (χ1) is 8.74. The standard InChI is InChI=1S/C10H15N7O/c1-4-11-9-13-8(7-6-12-16-17(7)3)14-10(15-9)18-5-2/h6H,4-5H2,1-3H3,(H,11,13,14,15). The van der Waals surface area contributed by atoms with Gasteiger partial charge < -0.3 is 10.1 Å². The fourth-order valence-electron chi connectivity index (χ4n) is 1.39. The zero-order valence-corrected chi connectivity index (χ0v) is 10.6. The van der Waals surface area contributed by atoms with Crippen molar-refractivity contribution in [1.29, 1.82) is 0 Å². The molecular weight excluding hydrogens is 234 g/mol. The van der Waals surface area contributed by atoms with E-state index in [1.54, 1.807) is 17.9 Å². The minimum atomic E-state index is 0.291. The summed E-state index contributed by atoms with van der Waals surface area (Å²) in [4.78, 5) is 12.7. The SMILES string of the molecule is CCNc1nc(OCC)nc(-c2cnnn2C)n1. The molecule has 96 valence electrons. The fourth-order valence-corrected chi connectivity index (χ4v) is 1.39. The summed E-state index contributed by atoms with van der Waals surface area (Å²) >= 11 is 0. The van der Waals surface area contributed by atoms with Gasteiger partial charge in [-0.2, -0.15) is 15.0 Å². The Kier molecular flexibility index (Phi) is 3.66. The number of aromatic nitrogens is 6. The summed E-state index contributed by atoms with van der Waals surface area (Å²) in [5.41, 5.74) is 0.706. The average molecular weight is 249 g/mol. The number of nitrogens with zero attached hydrogens (tertiary/aromatic N) is 6. The third-order valence-electron chi connectivity index (χ3n) is 2.17. The quantitative estimate of drug-likeness (QED) is 0.824. The molecule has 18 heavy (non-hydrogen) atoms. The van der Waals surface area contributed by atoms with Gasteiger partial charge in [-0.05, 0) is 13.8 Å². The summed E-state index contributed by atoms with van der Waals surface area (Å²) in [7, 11) is 1.78. The van der Waals surface area contributed by atoms with Gasteiger partial charge in [-0.15, -0.1) is 5.10 Å². The van der Waals surface area contributed by atoms with Crippen LogP contribution in [0.5, 0.6) is 6.01 Å². The number of aryl methyl sites for hydroxylation is 1. The van der Waals surface area contributed by atoms with Gasteiger partial charge in [-0.3, -0.25) is 0 Å². The van der Waals surface area contributed by atoms with E-state index in [-0.39, 0.29) is 0 Å². The van der Waals surface area contributed by atoms with Crippen LogP contribution in [0.1, 0.15) is 13.8 Å². The van der Waals surface area contributed by atoms with Crippen LogP contribution in [0.2, 0.25) is 0 Å². The Labute approximate surface area is 104 Å². The lowest BCUT2D eigenvalue weighted by Gasteiger charge is -2.07. The summed E-state index contributed by atoms with van der Waals surface area (Å²) < 4.78 is 6.92. The van der Waals surface area contributed by atoms with Gasteiger partial charge >= 0.3 is 6.01 Å². The van der Waals surface area contributed by atoms with Crippen molar-refractivity contribution in [3.8, 4) is 17.5 Å². The smallest absolute Gasteiger partial charge is 0.321 e. The second kappa shape index (κ2) is 5.39. The molecule has 0 amide bonds. The van der Waals surface area contributed by atoms with Crippen LogP contribution in [0.15, 0.2) is 6.20 Å². The van der Waals surface area contributed by atoms with Gasteiger partial charge in [-0.25, -0.2) is 4.68 Å². The van der Waals surface area contributed by atoms with E-state index >= 15 is 0 Å². The molecule has 0 fully saturated rings. The molecule has 0 unspecified atom stereocenters. The maximum absolute atomic E-state index is 5.32. The Morgan fingerprint density at radius 1 is 1.28 bits per heavy atom. The highest BCUT2D eigenvalue weighted by Crippen LogP contribution is 2.16. The van der Waals surface area contributed by atoms with Crippen LogP contribution in [0.3, 0.4) is 0 Å². The molecule has 0 aliphatic carbocycles. The molecule has 8 nitrogen and oxygen atoms in total. The molecule has 0 radical (unpaired) electrons. The van der Waals surface area contributed by atoms with E-state index in [1.165, 1.54) is 0 Å². The normalized spacial score (nSPS) is 10.4. The first-order valence-corrected chi connectivity index (χ1v) is 5.72. The van der Waals surface area contributed by atoms with E-state index in [9.17, 15) is 0 Å². The Balaban J connectivity index is 2.42. The molecule has 0 saturated heterocycles. The fraction of sp³-hybridized carbons (Fsp3) is 0.500. The predicted octanol–water partition coefficient (Wildman–Crippen LogP) is 0.498. The molecule has 1 N–H and O–H groups in total. The first kappa shape index (κ1) is 12.2. The highest BCUT2D eigenvalue weighted by atomic mass is 16.5. The molecule has 0 saturated carbocycles. The van der Waals surface area contributed by atoms with Crippen molar-refractivity contribution in [1.82, 2.24) is 29.9 Å². The summed E-state index contributed by atoms with van der Waals surface area (Å²) in [6.45, 7) is 5.06. The summed E-state index contributed by atoms with van der Waals surface area (Å²) in [5, 5.41) is 10.7. The van der Waals surface area contributed by atoms with E-state index in [4.69, 9.17) is 4.74 Å². The van der Waals surface area contributed by atoms with Gasteiger partial charge in [0, 0.05) is 13.6 Å². The lowest BCUT2D eigenvalue weighted by Crippen LogP contribution is -2.08. The van der Waals surface area contributed by atoms with Crippen LogP contribution in [-0.2, 0) is 7.05 Å². The molecule has 0 atom stereocenters. The zero-order chi connectivity index (χ0) is 13.0. The van der Waals surface area contributed by atoms with Crippen molar-refractivity contribution in [2.75, 3.05) is 18.5 Å². The van der Waals surface area contributed by atoms with Crippen LogP contribution in [0, 0.1) is 0 Å². The van der Waals surface area contributed by atoms with E-state index < -0.39 is 0 Å². The topological polar surface area (TPSA) is 90.6 Å². The summed E-state index contributed by atoms with van der Waals surface area (Å²) in [6, 6.07) is 0.291. The largest absolute Gasteiger partial charge is 0.464 e. The second-order valence-electron chi connectivity index (χ2n) is 3.47. The Morgan fingerprint density at radius 2 is 2.11 bits per heavy atom. The summed E-state index contributed by atoms with van der Waals surface area (Å²) in [5.74, 6) is 0.962. The lowest BCUT2D eigenvalue weighted by molar-refractivity contribution is 0.312. The van der Waals surface area contributed by atoms with Gasteiger partial charge in [0.15, 0.2) is 5.82 Å². The van der Waals surface area contributed by atoms with Crippen molar-refractivity contribution in [2.45, 2.75) is 13.8 Å². The number of hydrogen-bond acceptors (Lipinski definition) is 7. The minimum absolute atomic E-state index is 0.291. The lowest BCUT2D eigenvalue weighted by atomic mass is 10.4. The number of ether oxygens (including phenoxy) is 1. The van der Waals surface area contributed by atoms with Crippen molar-refractivity contribution in [2.24, 2.45) is 7.05 Å². The molecule has 0 aliphatic rings. The molecule has 2 heterocycles. The highest BCUT2D eigenvalue weighted by Gasteiger charge is 2.12. The van der Waals surface area contributed by atoms with E-state index in [0.717, 1.165) is 6.54 Å². The first-order valence-electron chi connectivity index (χ1n) is 5.72. The molecule has 2 rings (SSSR count). The maximum atomic E-state index is 5.32. The number of hydrogen-bond donors (Lipinski definition) is 1. The minimum Gasteiger partial charge on any atom is -0.464 e. The highest BCUT2D eigenvalue weighted by molar-refractivity contribution is 5.50. The number of anilines is 1. The molecule has 2 aromatic rings. The van der Waals surface area contributed by atoms with Crippen LogP contribution in [0.25, 0.3) is 11.5 Å². The maximum Gasteiger partial charge on any atom is 0.321 e. The third kappa shape index (κ3) is 2.53. The van der Waals surface area contributed by atoms with Gasteiger partial charge in [0.1, 0.15) is 5.69 Å². The Morgan fingerprint density at radius 3 is 2.72 bits per heavy atom. The summed E-state index contributed by atoms with van der Waals surface area (Å²) in [6.07, 6.45) is 1.60. The van der Waals surface area contributed by atoms with Crippen molar-refractivity contribution >= 4 is 5.95 Å². The van der Waals surface area contributed by atoms with E-state index in [0.29, 0.717) is 30.1 Å². The molecule has 8 heteroatoms. The second-order valence-corrected chi connectivity index (χ2v) is 3.47. The van der Waals surface area contributed by atoms with Crippen LogP contribution in [0.4, 0.5) is 5.95 Å². The van der Waals surface area contributed by atoms with E-state index in [1.807, 2.05) is 13.8 Å². The van der Waals surface area contributed by atoms with Crippen molar-refractivity contribution in [3.63, 3.8) is 0 Å². The van der Waals surface area contributed by atoms with Gasteiger partial charge in [0.2, 0.25) is 5.95 Å². The monoisotopic (exact) mass is 249 g/mol. The molecule has 0 aromatic carbocycles. The average Bonchev–Trinajstić information content (AvgIpc) is 2.76. The van der Waals surface area contributed by atoms with Crippen molar-refractivity contribution < 1.29 is 4.74 Å². The van der Waals surface area contributed by atoms with Crippen LogP contribution < -0.4 is 10.1 Å². The number of rotatable bonds is 5. The molecule has 0 spiro atoms. The van der Waals surface area contributed by atoms with Crippen molar-refractivity contribution in [3.05, 3.63) is 6.20 Å². The van der Waals surface area contributed by atoms with Gasteiger partial charge in [0.05, 0.1) is 12.8 Å².